The van der Waals surface area contributed by atoms with Crippen molar-refractivity contribution < 1.29 is 24.3 Å². The Bertz CT molecular complexity index is 1280. The van der Waals surface area contributed by atoms with Crippen molar-refractivity contribution in [3.63, 3.8) is 0 Å². The minimum absolute atomic E-state index is 0.0738. The van der Waals surface area contributed by atoms with Crippen molar-refractivity contribution in [3.8, 4) is 17.4 Å². The number of hydrogen-bond donors (Lipinski definition) is 3. The van der Waals surface area contributed by atoms with Crippen molar-refractivity contribution in [2.24, 2.45) is 0 Å². The van der Waals surface area contributed by atoms with Crippen LogP contribution in [0.5, 0.6) is 17.4 Å². The van der Waals surface area contributed by atoms with Crippen LogP contribution in [-0.4, -0.2) is 39.6 Å². The highest BCUT2D eigenvalue weighted by atomic mass is 16.6. The number of nitro groups is 1. The molecule has 11 nitrogen and oxygen atoms in total. The number of carbonyl (C=O) groups is 1. The maximum atomic E-state index is 12.2. The van der Waals surface area contributed by atoms with Crippen LogP contribution in [-0.2, 0) is 4.79 Å². The lowest BCUT2D eigenvalue weighted by molar-refractivity contribution is -0.387. The molecule has 1 amide bonds. The van der Waals surface area contributed by atoms with Crippen molar-refractivity contribution in [3.05, 3.63) is 79.9 Å². The lowest BCUT2D eigenvalue weighted by Crippen LogP contribution is -2.20. The van der Waals surface area contributed by atoms with E-state index in [2.05, 4.69) is 15.3 Å². The highest BCUT2D eigenvalue weighted by molar-refractivity contribution is 5.92. The second kappa shape index (κ2) is 10.1. The van der Waals surface area contributed by atoms with E-state index < -0.39 is 22.0 Å². The molecule has 3 rings (SSSR count). The van der Waals surface area contributed by atoms with Gasteiger partial charge in [-0.05, 0) is 42.3 Å². The van der Waals surface area contributed by atoms with Gasteiger partial charge in [-0.25, -0.2) is 0 Å². The molecule has 0 radical (unpaired) electrons. The molecule has 0 atom stereocenters. The molecule has 0 aliphatic carbocycles. The number of methoxy groups -OCH3 is 1. The van der Waals surface area contributed by atoms with Gasteiger partial charge in [0, 0.05) is 5.69 Å². The molecule has 0 unspecified atom stereocenters. The highest BCUT2D eigenvalue weighted by Gasteiger charge is 2.21. The number of anilines is 1. The van der Waals surface area contributed by atoms with Crippen LogP contribution in [0.3, 0.4) is 0 Å². The first-order valence-electron chi connectivity index (χ1n) is 9.60. The van der Waals surface area contributed by atoms with Crippen LogP contribution < -0.4 is 20.3 Å². The first-order chi connectivity index (χ1) is 15.8. The van der Waals surface area contributed by atoms with Gasteiger partial charge >= 0.3 is 11.2 Å². The van der Waals surface area contributed by atoms with Crippen molar-refractivity contribution in [1.29, 1.82) is 0 Å². The number of H-pyrrole nitrogens is 1. The third-order valence-corrected chi connectivity index (χ3v) is 4.48. The number of aromatic hydroxyl groups is 1. The molecular weight excluding hydrogens is 432 g/mol. The predicted molar refractivity (Wildman–Crippen MR) is 120 cm³/mol. The number of para-hydroxylation sites is 1. The van der Waals surface area contributed by atoms with E-state index in [-0.39, 0.29) is 18.3 Å². The number of carbonyl (C=O) groups excluding carboxylic acids is 1. The van der Waals surface area contributed by atoms with E-state index in [0.717, 1.165) is 5.56 Å². The SMILES string of the molecule is COc1cc(C=Cc2nc(O)c([N+](=O)[O-])c(=O)[nH]2)ccc1OCC(=O)Nc1ccccc1C. The zero-order chi connectivity index (χ0) is 24.0. The molecule has 0 saturated heterocycles. The van der Waals surface area contributed by atoms with E-state index in [0.29, 0.717) is 22.7 Å². The van der Waals surface area contributed by atoms with Gasteiger partial charge in [-0.1, -0.05) is 30.3 Å². The van der Waals surface area contributed by atoms with Gasteiger partial charge in [0.25, 0.3) is 11.8 Å². The van der Waals surface area contributed by atoms with Crippen molar-refractivity contribution >= 4 is 29.4 Å². The molecular formula is C22H20N4O7. The summed E-state index contributed by atoms with van der Waals surface area (Å²) in [4.78, 5) is 39.5. The van der Waals surface area contributed by atoms with E-state index in [1.54, 1.807) is 30.3 Å². The lowest BCUT2D eigenvalue weighted by Gasteiger charge is -2.12. The summed E-state index contributed by atoms with van der Waals surface area (Å²) in [5, 5.41) is 23.1. The Balaban J connectivity index is 1.69. The van der Waals surface area contributed by atoms with Crippen LogP contribution >= 0.6 is 0 Å². The van der Waals surface area contributed by atoms with Gasteiger partial charge in [-0.2, -0.15) is 4.98 Å². The van der Waals surface area contributed by atoms with Crippen LogP contribution in [0.2, 0.25) is 0 Å². The summed E-state index contributed by atoms with van der Waals surface area (Å²) in [5.41, 5.74) is 0.141. The maximum Gasteiger partial charge on any atom is 0.395 e. The van der Waals surface area contributed by atoms with E-state index in [9.17, 15) is 24.8 Å². The molecule has 3 aromatic rings. The minimum atomic E-state index is -1.07. The van der Waals surface area contributed by atoms with Crippen molar-refractivity contribution in [2.45, 2.75) is 6.92 Å². The molecule has 0 aliphatic heterocycles. The van der Waals surface area contributed by atoms with Crippen LogP contribution in [0, 0.1) is 17.0 Å². The Kier molecular flexibility index (Phi) is 7.03. The number of aromatic amines is 1. The summed E-state index contributed by atoms with van der Waals surface area (Å²) >= 11 is 0. The van der Waals surface area contributed by atoms with E-state index in [1.165, 1.54) is 13.2 Å². The van der Waals surface area contributed by atoms with Gasteiger partial charge in [0.2, 0.25) is 0 Å². The summed E-state index contributed by atoms with van der Waals surface area (Å²) in [7, 11) is 1.44. The number of amides is 1. The number of nitrogens with zero attached hydrogens (tertiary/aromatic N) is 2. The van der Waals surface area contributed by atoms with Crippen LogP contribution in [0.1, 0.15) is 17.0 Å². The number of aryl methyl sites for hydroxylation is 1. The molecule has 0 saturated carbocycles. The quantitative estimate of drug-likeness (QED) is 0.348. The minimum Gasteiger partial charge on any atom is -0.493 e. The summed E-state index contributed by atoms with van der Waals surface area (Å²) < 4.78 is 10.9. The largest absolute Gasteiger partial charge is 0.493 e. The Morgan fingerprint density at radius 2 is 2.00 bits per heavy atom. The summed E-state index contributed by atoms with van der Waals surface area (Å²) in [6.07, 6.45) is 2.90. The van der Waals surface area contributed by atoms with E-state index >= 15 is 0 Å². The van der Waals surface area contributed by atoms with Gasteiger partial charge < -0.3 is 24.9 Å². The Labute approximate surface area is 187 Å². The van der Waals surface area contributed by atoms with Gasteiger partial charge in [-0.3, -0.25) is 19.7 Å². The van der Waals surface area contributed by atoms with E-state index in [1.807, 2.05) is 25.1 Å². The average Bonchev–Trinajstić information content (AvgIpc) is 2.77. The van der Waals surface area contributed by atoms with Crippen molar-refractivity contribution in [1.82, 2.24) is 9.97 Å². The molecule has 1 heterocycles. The average molecular weight is 452 g/mol. The molecule has 0 bridgehead atoms. The van der Waals surface area contributed by atoms with Crippen molar-refractivity contribution in [2.75, 3.05) is 19.0 Å². The molecule has 33 heavy (non-hydrogen) atoms. The molecule has 170 valence electrons. The third kappa shape index (κ3) is 5.73. The van der Waals surface area contributed by atoms with Gasteiger partial charge in [0.15, 0.2) is 18.1 Å². The molecule has 0 fully saturated rings. The highest BCUT2D eigenvalue weighted by Crippen LogP contribution is 2.29. The predicted octanol–water partition coefficient (Wildman–Crippen LogP) is 2.89. The number of hydrogen-bond acceptors (Lipinski definition) is 8. The maximum absolute atomic E-state index is 12.2. The standard InChI is InChI=1S/C22H20N4O7/c1-13-5-3-4-6-15(13)23-19(27)12-33-16-9-7-14(11-17(16)32-2)8-10-18-24-21(28)20(26(30)31)22(29)25-18/h3-11H,12H2,1-2H3,(H,23,27)(H2,24,25,28,29). The first kappa shape index (κ1) is 23.0. The van der Waals surface area contributed by atoms with Gasteiger partial charge in [-0.15, -0.1) is 0 Å². The zero-order valence-corrected chi connectivity index (χ0v) is 17.7. The van der Waals surface area contributed by atoms with E-state index in [4.69, 9.17) is 9.47 Å². The Morgan fingerprint density at radius 1 is 1.24 bits per heavy atom. The van der Waals surface area contributed by atoms with Gasteiger partial charge in [0.05, 0.1) is 12.0 Å². The number of nitrogens with one attached hydrogen (secondary N) is 2. The molecule has 2 aromatic carbocycles. The second-order valence-electron chi connectivity index (χ2n) is 6.78. The molecule has 3 N–H and O–H groups in total. The smallest absolute Gasteiger partial charge is 0.395 e. The molecule has 1 aromatic heterocycles. The summed E-state index contributed by atoms with van der Waals surface area (Å²) in [6, 6.07) is 12.3. The monoisotopic (exact) mass is 452 g/mol. The Hall–Kier alpha value is -4.67. The Morgan fingerprint density at radius 3 is 2.67 bits per heavy atom. The molecule has 11 heteroatoms. The number of rotatable bonds is 8. The zero-order valence-electron chi connectivity index (χ0n) is 17.7. The van der Waals surface area contributed by atoms with Gasteiger partial charge in [0.1, 0.15) is 5.82 Å². The number of aromatic nitrogens is 2. The van der Waals surface area contributed by atoms with Crippen LogP contribution in [0.15, 0.2) is 47.3 Å². The first-order valence-corrected chi connectivity index (χ1v) is 9.60. The summed E-state index contributed by atoms with van der Waals surface area (Å²) in [6.45, 7) is 1.65. The number of benzene rings is 2. The van der Waals surface area contributed by atoms with Crippen LogP contribution in [0.4, 0.5) is 11.4 Å². The molecule has 0 spiro atoms. The fourth-order valence-corrected chi connectivity index (χ4v) is 2.84. The third-order valence-electron chi connectivity index (χ3n) is 4.48. The fraction of sp³-hybridized carbons (Fsp3) is 0.136. The summed E-state index contributed by atoms with van der Waals surface area (Å²) in [5.74, 6) is -0.685. The topological polar surface area (TPSA) is 157 Å². The normalized spacial score (nSPS) is 10.7. The number of ether oxygens (including phenoxy) is 2. The molecule has 0 aliphatic rings. The second-order valence-corrected chi connectivity index (χ2v) is 6.78. The fourth-order valence-electron chi connectivity index (χ4n) is 2.84. The van der Waals surface area contributed by atoms with Crippen LogP contribution in [0.25, 0.3) is 12.2 Å². The lowest BCUT2D eigenvalue weighted by atomic mass is 10.2.